The van der Waals surface area contributed by atoms with Crippen LogP contribution in [0.15, 0.2) is 24.3 Å². The Morgan fingerprint density at radius 3 is 1.46 bits per heavy atom. The minimum absolute atomic E-state index is 0.0162. The largest absolute Gasteiger partial charge is 0.393 e. The SMILES string of the molecule is FC(F)(F)[C@H]1CCCN(Cc2ccccc2CN2CCC[C@H](C(F)(F)F)C2)C1. The second-order valence-corrected chi connectivity index (χ2v) is 8.00. The molecule has 1 aromatic rings. The fourth-order valence-electron chi connectivity index (χ4n) is 4.28. The summed E-state index contributed by atoms with van der Waals surface area (Å²) in [7, 11) is 0. The van der Waals surface area contributed by atoms with E-state index in [0.29, 0.717) is 39.0 Å². The zero-order chi connectivity index (χ0) is 20.4. The molecule has 28 heavy (non-hydrogen) atoms. The summed E-state index contributed by atoms with van der Waals surface area (Å²) in [5.74, 6) is -2.61. The third kappa shape index (κ3) is 5.63. The molecule has 2 aliphatic heterocycles. The van der Waals surface area contributed by atoms with Crippen molar-refractivity contribution < 1.29 is 26.3 Å². The van der Waals surface area contributed by atoms with Crippen LogP contribution < -0.4 is 0 Å². The van der Waals surface area contributed by atoms with Crippen LogP contribution in [0.5, 0.6) is 0 Å². The maximum atomic E-state index is 13.0. The quantitative estimate of drug-likeness (QED) is 0.629. The zero-order valence-corrected chi connectivity index (χ0v) is 15.7. The molecule has 2 atom stereocenters. The summed E-state index contributed by atoms with van der Waals surface area (Å²) in [6.45, 7) is 2.00. The van der Waals surface area contributed by atoms with E-state index in [2.05, 4.69) is 0 Å². The lowest BCUT2D eigenvalue weighted by molar-refractivity contribution is -0.188. The van der Waals surface area contributed by atoms with E-state index in [9.17, 15) is 26.3 Å². The fraction of sp³-hybridized carbons (Fsp3) is 0.700. The van der Waals surface area contributed by atoms with Gasteiger partial charge in [-0.25, -0.2) is 0 Å². The first-order valence-corrected chi connectivity index (χ1v) is 9.78. The van der Waals surface area contributed by atoms with Crippen molar-refractivity contribution in [3.63, 3.8) is 0 Å². The molecular formula is C20H26F6N2. The average molecular weight is 408 g/mol. The molecule has 2 heterocycles. The second kappa shape index (κ2) is 8.61. The van der Waals surface area contributed by atoms with Gasteiger partial charge in [0.15, 0.2) is 0 Å². The van der Waals surface area contributed by atoms with Crippen molar-refractivity contribution in [2.24, 2.45) is 11.8 Å². The summed E-state index contributed by atoms with van der Waals surface area (Å²) < 4.78 is 78.3. The summed E-state index contributed by atoms with van der Waals surface area (Å²) in [4.78, 5) is 3.63. The molecule has 0 bridgehead atoms. The smallest absolute Gasteiger partial charge is 0.298 e. The fourth-order valence-corrected chi connectivity index (χ4v) is 4.28. The van der Waals surface area contributed by atoms with Crippen molar-refractivity contribution in [3.05, 3.63) is 35.4 Å². The van der Waals surface area contributed by atoms with Crippen LogP contribution in [0, 0.1) is 11.8 Å². The molecule has 2 saturated heterocycles. The average Bonchev–Trinajstić information content (AvgIpc) is 2.62. The zero-order valence-electron chi connectivity index (χ0n) is 15.7. The first-order valence-electron chi connectivity index (χ1n) is 9.78. The maximum Gasteiger partial charge on any atom is 0.393 e. The van der Waals surface area contributed by atoms with Gasteiger partial charge in [0.2, 0.25) is 0 Å². The third-order valence-corrected chi connectivity index (χ3v) is 5.84. The Hall–Kier alpha value is -1.28. The lowest BCUT2D eigenvalue weighted by Gasteiger charge is -2.35. The molecule has 8 heteroatoms. The Kier molecular flexibility index (Phi) is 6.59. The van der Waals surface area contributed by atoms with Crippen LogP contribution in [0.25, 0.3) is 0 Å². The summed E-state index contributed by atoms with van der Waals surface area (Å²) in [5, 5.41) is 0. The van der Waals surface area contributed by atoms with Crippen LogP contribution >= 0.6 is 0 Å². The van der Waals surface area contributed by atoms with E-state index in [-0.39, 0.29) is 25.9 Å². The van der Waals surface area contributed by atoms with Gasteiger partial charge in [-0.1, -0.05) is 24.3 Å². The highest BCUT2D eigenvalue weighted by Crippen LogP contribution is 2.35. The molecule has 0 N–H and O–H groups in total. The summed E-state index contributed by atoms with van der Waals surface area (Å²) in [6.07, 6.45) is -7.03. The maximum absolute atomic E-state index is 13.0. The van der Waals surface area contributed by atoms with Crippen LogP contribution in [0.3, 0.4) is 0 Å². The van der Waals surface area contributed by atoms with Gasteiger partial charge in [0.25, 0.3) is 0 Å². The molecule has 0 aromatic heterocycles. The van der Waals surface area contributed by atoms with Crippen molar-refractivity contribution in [1.82, 2.24) is 9.80 Å². The Bertz CT molecular complexity index is 587. The van der Waals surface area contributed by atoms with E-state index < -0.39 is 24.2 Å². The highest BCUT2D eigenvalue weighted by atomic mass is 19.4. The van der Waals surface area contributed by atoms with E-state index in [4.69, 9.17) is 0 Å². The van der Waals surface area contributed by atoms with Gasteiger partial charge in [0.1, 0.15) is 0 Å². The van der Waals surface area contributed by atoms with E-state index in [1.807, 2.05) is 34.1 Å². The number of halogens is 6. The lowest BCUT2D eigenvalue weighted by Crippen LogP contribution is -2.42. The molecule has 1 aromatic carbocycles. The molecule has 0 radical (unpaired) electrons. The first-order chi connectivity index (χ1) is 13.1. The Balaban J connectivity index is 1.65. The van der Waals surface area contributed by atoms with Gasteiger partial charge in [0, 0.05) is 26.2 Å². The number of likely N-dealkylation sites (tertiary alicyclic amines) is 2. The monoisotopic (exact) mass is 408 g/mol. The Labute approximate surface area is 161 Å². The number of hydrogen-bond donors (Lipinski definition) is 0. The lowest BCUT2D eigenvalue weighted by atomic mass is 9.95. The highest BCUT2D eigenvalue weighted by Gasteiger charge is 2.42. The minimum atomic E-state index is -4.18. The molecule has 0 amide bonds. The van der Waals surface area contributed by atoms with Crippen molar-refractivity contribution in [2.45, 2.75) is 51.1 Å². The predicted molar refractivity (Wildman–Crippen MR) is 94.6 cm³/mol. The van der Waals surface area contributed by atoms with Gasteiger partial charge in [-0.3, -0.25) is 9.80 Å². The van der Waals surface area contributed by atoms with Crippen molar-refractivity contribution in [1.29, 1.82) is 0 Å². The van der Waals surface area contributed by atoms with E-state index in [1.54, 1.807) is 0 Å². The molecule has 2 nitrogen and oxygen atoms in total. The van der Waals surface area contributed by atoms with Gasteiger partial charge in [-0.2, -0.15) is 26.3 Å². The van der Waals surface area contributed by atoms with Gasteiger partial charge in [-0.05, 0) is 49.9 Å². The topological polar surface area (TPSA) is 6.48 Å². The summed E-state index contributed by atoms with van der Waals surface area (Å²) in [6, 6.07) is 7.41. The summed E-state index contributed by atoms with van der Waals surface area (Å²) in [5.41, 5.74) is 1.80. The normalized spacial score (nSPS) is 25.8. The first kappa shape index (κ1) is 21.4. The molecule has 3 rings (SSSR count). The predicted octanol–water partition coefficient (Wildman–Crippen LogP) is 5.24. The van der Waals surface area contributed by atoms with Gasteiger partial charge in [-0.15, -0.1) is 0 Å². The third-order valence-electron chi connectivity index (χ3n) is 5.84. The highest BCUT2D eigenvalue weighted by molar-refractivity contribution is 5.27. The minimum Gasteiger partial charge on any atom is -0.298 e. The van der Waals surface area contributed by atoms with Crippen LogP contribution in [0.2, 0.25) is 0 Å². The molecule has 0 spiro atoms. The number of piperidine rings is 2. The van der Waals surface area contributed by atoms with Crippen LogP contribution in [0.1, 0.15) is 36.8 Å². The van der Waals surface area contributed by atoms with Gasteiger partial charge < -0.3 is 0 Å². The Morgan fingerprint density at radius 1 is 0.714 bits per heavy atom. The van der Waals surface area contributed by atoms with Gasteiger partial charge >= 0.3 is 12.4 Å². The Morgan fingerprint density at radius 2 is 1.11 bits per heavy atom. The van der Waals surface area contributed by atoms with Gasteiger partial charge in [0.05, 0.1) is 11.8 Å². The van der Waals surface area contributed by atoms with Crippen molar-refractivity contribution >= 4 is 0 Å². The molecular weight excluding hydrogens is 382 g/mol. The molecule has 0 unspecified atom stereocenters. The van der Waals surface area contributed by atoms with Crippen molar-refractivity contribution in [2.75, 3.05) is 26.2 Å². The molecule has 2 fully saturated rings. The summed E-state index contributed by atoms with van der Waals surface area (Å²) >= 11 is 0. The van der Waals surface area contributed by atoms with Crippen LogP contribution in [0.4, 0.5) is 26.3 Å². The van der Waals surface area contributed by atoms with Crippen molar-refractivity contribution in [3.8, 4) is 0 Å². The number of nitrogens with zero attached hydrogens (tertiary/aromatic N) is 2. The number of alkyl halides is 6. The van der Waals surface area contributed by atoms with E-state index in [1.165, 1.54) is 0 Å². The number of hydrogen-bond acceptors (Lipinski definition) is 2. The molecule has 2 aliphatic rings. The second-order valence-electron chi connectivity index (χ2n) is 8.00. The molecule has 0 aliphatic carbocycles. The number of benzene rings is 1. The molecule has 0 saturated carbocycles. The molecule has 158 valence electrons. The van der Waals surface area contributed by atoms with Crippen LogP contribution in [-0.4, -0.2) is 48.3 Å². The number of rotatable bonds is 4. The van der Waals surface area contributed by atoms with E-state index in [0.717, 1.165) is 11.1 Å². The van der Waals surface area contributed by atoms with Crippen LogP contribution in [-0.2, 0) is 13.1 Å². The standard InChI is InChI=1S/C20H26F6N2/c21-19(22,23)17-7-3-9-27(13-17)11-15-5-1-2-6-16(15)12-28-10-4-8-18(14-28)20(24,25)26/h1-2,5-6,17-18H,3-4,7-14H2/t17-,18-/m0/s1. The van der Waals surface area contributed by atoms with E-state index >= 15 is 0 Å².